The number of carbonyl (C=O) groups excluding carboxylic acids is 1. The van der Waals surface area contributed by atoms with Crippen molar-refractivity contribution in [3.8, 4) is 17.2 Å². The maximum atomic E-state index is 11.8. The number of para-hydroxylation sites is 2. The van der Waals surface area contributed by atoms with E-state index in [0.717, 1.165) is 22.9 Å². The maximum absolute atomic E-state index is 11.8. The predicted octanol–water partition coefficient (Wildman–Crippen LogP) is 3.07. The summed E-state index contributed by atoms with van der Waals surface area (Å²) >= 11 is 1.05. The molecule has 10 heteroatoms. The van der Waals surface area contributed by atoms with Gasteiger partial charge in [-0.3, -0.25) is 9.59 Å². The summed E-state index contributed by atoms with van der Waals surface area (Å²) in [5, 5.41) is 18.9. The van der Waals surface area contributed by atoms with E-state index in [4.69, 9.17) is 19.3 Å². The lowest BCUT2D eigenvalue weighted by Crippen LogP contribution is -2.26. The summed E-state index contributed by atoms with van der Waals surface area (Å²) in [6.07, 6.45) is 1.26. The first kappa shape index (κ1) is 23.1. The van der Waals surface area contributed by atoms with E-state index in [1.54, 1.807) is 13.2 Å². The quantitative estimate of drug-likeness (QED) is 0.416. The summed E-state index contributed by atoms with van der Waals surface area (Å²) in [6, 6.07) is 12.9. The number of nitrogens with one attached hydrogen (secondary N) is 1. The predicted molar refractivity (Wildman–Crippen MR) is 122 cm³/mol. The number of carboxylic acid groups (broad SMARTS) is 1. The molecule has 168 valence electrons. The van der Waals surface area contributed by atoms with Gasteiger partial charge in [0, 0.05) is 5.56 Å². The summed E-state index contributed by atoms with van der Waals surface area (Å²) in [4.78, 5) is 22.6. The molecule has 2 aromatic carbocycles. The molecular formula is C22H23N3O6S. The fraction of sp³-hybridized carbons (Fsp3) is 0.273. The molecule has 0 aliphatic carbocycles. The van der Waals surface area contributed by atoms with Crippen LogP contribution in [0.2, 0.25) is 0 Å². The number of carboxylic acids is 1. The molecule has 2 aromatic rings. The van der Waals surface area contributed by atoms with Gasteiger partial charge in [0.2, 0.25) is 5.91 Å². The third kappa shape index (κ3) is 6.24. The van der Waals surface area contributed by atoms with Crippen molar-refractivity contribution in [1.29, 1.82) is 0 Å². The van der Waals surface area contributed by atoms with Crippen molar-refractivity contribution < 1.29 is 28.9 Å². The van der Waals surface area contributed by atoms with Gasteiger partial charge in [-0.2, -0.15) is 5.10 Å². The molecule has 0 radical (unpaired) electrons. The van der Waals surface area contributed by atoms with Gasteiger partial charge >= 0.3 is 5.97 Å². The molecule has 1 amide bonds. The lowest BCUT2D eigenvalue weighted by molar-refractivity contribution is -0.138. The van der Waals surface area contributed by atoms with Gasteiger partial charge in [0.1, 0.15) is 17.6 Å². The number of thioether (sulfide) groups is 1. The molecule has 1 aliphatic heterocycles. The zero-order chi connectivity index (χ0) is 22.9. The van der Waals surface area contributed by atoms with Gasteiger partial charge in [0.25, 0.3) is 0 Å². The summed E-state index contributed by atoms with van der Waals surface area (Å²) in [5.74, 6) is 0.533. The lowest BCUT2D eigenvalue weighted by atomic mass is 10.1. The fourth-order valence-electron chi connectivity index (χ4n) is 2.88. The SMILES string of the molecule is CCOc1ccccc1OCc1cc(C=NN=C2NC(=O)C(CC(=O)O)S2)ccc1OC. The third-order valence-electron chi connectivity index (χ3n) is 4.33. The minimum Gasteiger partial charge on any atom is -0.496 e. The summed E-state index contributed by atoms with van der Waals surface area (Å²) in [7, 11) is 1.58. The highest BCUT2D eigenvalue weighted by molar-refractivity contribution is 8.15. The Hall–Kier alpha value is -3.53. The lowest BCUT2D eigenvalue weighted by Gasteiger charge is -2.13. The Kier molecular flexibility index (Phi) is 8.09. The standard InChI is InChI=1S/C22H23N3O6S/c1-3-30-17-6-4-5-7-18(17)31-13-15-10-14(8-9-16(15)29-2)12-23-25-22-24-21(28)19(32-22)11-20(26)27/h4-10,12,19H,3,11,13H2,1-2H3,(H,26,27)(H,24,25,28). The normalized spacial score (nSPS) is 16.9. The Labute approximate surface area is 189 Å². The molecule has 1 unspecified atom stereocenters. The van der Waals surface area contributed by atoms with Gasteiger partial charge in [-0.25, -0.2) is 0 Å². The molecule has 2 N–H and O–H groups in total. The van der Waals surface area contributed by atoms with E-state index in [-0.39, 0.29) is 24.1 Å². The van der Waals surface area contributed by atoms with Gasteiger partial charge in [-0.1, -0.05) is 23.9 Å². The van der Waals surface area contributed by atoms with Crippen LogP contribution in [0.1, 0.15) is 24.5 Å². The van der Waals surface area contributed by atoms with Gasteiger partial charge < -0.3 is 24.6 Å². The molecule has 3 rings (SSSR count). The number of benzene rings is 2. The molecule has 1 fully saturated rings. The van der Waals surface area contributed by atoms with Crippen molar-refractivity contribution in [2.24, 2.45) is 10.2 Å². The number of carbonyl (C=O) groups is 2. The van der Waals surface area contributed by atoms with Gasteiger partial charge in [-0.15, -0.1) is 5.10 Å². The van der Waals surface area contributed by atoms with Crippen molar-refractivity contribution >= 4 is 35.0 Å². The van der Waals surface area contributed by atoms with Crippen LogP contribution in [0.15, 0.2) is 52.7 Å². The number of ether oxygens (including phenoxy) is 3. The topological polar surface area (TPSA) is 119 Å². The van der Waals surface area contributed by atoms with Gasteiger partial charge in [0.05, 0.1) is 26.4 Å². The van der Waals surface area contributed by atoms with Crippen LogP contribution >= 0.6 is 11.8 Å². The van der Waals surface area contributed by atoms with E-state index in [2.05, 4.69) is 15.5 Å². The molecule has 0 bridgehead atoms. The fourth-order valence-corrected chi connectivity index (χ4v) is 3.80. The second-order valence-electron chi connectivity index (χ2n) is 6.58. The Morgan fingerprint density at radius 1 is 1.19 bits per heavy atom. The number of rotatable bonds is 10. The smallest absolute Gasteiger partial charge is 0.305 e. The van der Waals surface area contributed by atoms with E-state index in [9.17, 15) is 9.59 Å². The Morgan fingerprint density at radius 2 is 1.94 bits per heavy atom. The molecular weight excluding hydrogens is 434 g/mol. The van der Waals surface area contributed by atoms with Crippen LogP contribution in [0.5, 0.6) is 17.2 Å². The van der Waals surface area contributed by atoms with E-state index in [1.807, 2.05) is 43.3 Å². The Balaban J connectivity index is 1.68. The second kappa shape index (κ2) is 11.2. The molecule has 32 heavy (non-hydrogen) atoms. The molecule has 1 aliphatic rings. The second-order valence-corrected chi connectivity index (χ2v) is 7.77. The van der Waals surface area contributed by atoms with Gasteiger partial charge in [0.15, 0.2) is 16.7 Å². The van der Waals surface area contributed by atoms with Crippen LogP contribution in [0, 0.1) is 0 Å². The Morgan fingerprint density at radius 3 is 2.62 bits per heavy atom. The average molecular weight is 458 g/mol. The molecule has 0 saturated carbocycles. The van der Waals surface area contributed by atoms with E-state index in [1.165, 1.54) is 6.21 Å². The number of aliphatic carboxylic acids is 1. The highest BCUT2D eigenvalue weighted by atomic mass is 32.2. The van der Waals surface area contributed by atoms with Crippen LogP contribution < -0.4 is 19.5 Å². The van der Waals surface area contributed by atoms with Crippen LogP contribution in [0.25, 0.3) is 0 Å². The summed E-state index contributed by atoms with van der Waals surface area (Å²) < 4.78 is 17.0. The molecule has 1 atom stereocenters. The summed E-state index contributed by atoms with van der Waals surface area (Å²) in [6.45, 7) is 2.70. The molecule has 1 saturated heterocycles. The largest absolute Gasteiger partial charge is 0.496 e. The van der Waals surface area contributed by atoms with E-state index >= 15 is 0 Å². The van der Waals surface area contributed by atoms with Gasteiger partial charge in [-0.05, 0) is 42.8 Å². The number of amidine groups is 1. The number of hydrogen-bond donors (Lipinski definition) is 2. The number of methoxy groups -OCH3 is 1. The first-order valence-electron chi connectivity index (χ1n) is 9.82. The van der Waals surface area contributed by atoms with Crippen LogP contribution in [0.3, 0.4) is 0 Å². The minimum absolute atomic E-state index is 0.256. The first-order chi connectivity index (χ1) is 15.5. The van der Waals surface area contributed by atoms with Crippen LogP contribution in [-0.2, 0) is 16.2 Å². The zero-order valence-electron chi connectivity index (χ0n) is 17.6. The molecule has 0 aromatic heterocycles. The number of amides is 1. The first-order valence-corrected chi connectivity index (χ1v) is 10.7. The van der Waals surface area contributed by atoms with Crippen molar-refractivity contribution in [3.05, 3.63) is 53.6 Å². The number of nitrogens with zero attached hydrogens (tertiary/aromatic N) is 2. The van der Waals surface area contributed by atoms with Crippen molar-refractivity contribution in [3.63, 3.8) is 0 Å². The Bertz CT molecular complexity index is 1040. The minimum atomic E-state index is -1.04. The third-order valence-corrected chi connectivity index (χ3v) is 5.40. The maximum Gasteiger partial charge on any atom is 0.305 e. The monoisotopic (exact) mass is 457 g/mol. The molecule has 9 nitrogen and oxygen atoms in total. The zero-order valence-corrected chi connectivity index (χ0v) is 18.4. The van der Waals surface area contributed by atoms with Crippen molar-refractivity contribution in [1.82, 2.24) is 5.32 Å². The highest BCUT2D eigenvalue weighted by Gasteiger charge is 2.32. The average Bonchev–Trinajstić information content (AvgIpc) is 3.11. The molecule has 0 spiro atoms. The van der Waals surface area contributed by atoms with Crippen molar-refractivity contribution in [2.45, 2.75) is 25.2 Å². The summed E-state index contributed by atoms with van der Waals surface area (Å²) in [5.41, 5.74) is 1.56. The van der Waals surface area contributed by atoms with Crippen LogP contribution in [-0.4, -0.2) is 47.3 Å². The van der Waals surface area contributed by atoms with E-state index in [0.29, 0.717) is 23.9 Å². The molecule has 1 heterocycles. The van der Waals surface area contributed by atoms with Crippen LogP contribution in [0.4, 0.5) is 0 Å². The van der Waals surface area contributed by atoms with Crippen molar-refractivity contribution in [2.75, 3.05) is 13.7 Å². The highest BCUT2D eigenvalue weighted by Crippen LogP contribution is 2.29. The van der Waals surface area contributed by atoms with E-state index < -0.39 is 11.2 Å². The number of hydrogen-bond acceptors (Lipinski definition) is 8.